The number of nitrogens with zero attached hydrogens (tertiary/aromatic N) is 2. The van der Waals surface area contributed by atoms with Crippen molar-refractivity contribution in [3.8, 4) is 0 Å². The predicted molar refractivity (Wildman–Crippen MR) is 116 cm³/mol. The van der Waals surface area contributed by atoms with Crippen molar-refractivity contribution in [1.82, 2.24) is 19.9 Å². The van der Waals surface area contributed by atoms with E-state index in [9.17, 15) is 18.8 Å². The number of anilines is 2. The minimum Gasteiger partial charge on any atom is -0.350 e. The van der Waals surface area contributed by atoms with Crippen LogP contribution in [0.1, 0.15) is 34.8 Å². The fourth-order valence-corrected chi connectivity index (χ4v) is 3.21. The molecule has 0 atom stereocenters. The number of rotatable bonds is 8. The molecule has 0 unspecified atom stereocenters. The van der Waals surface area contributed by atoms with Crippen LogP contribution in [0.5, 0.6) is 0 Å². The van der Waals surface area contributed by atoms with Gasteiger partial charge in [0.15, 0.2) is 0 Å². The van der Waals surface area contributed by atoms with E-state index in [2.05, 4.69) is 27.5 Å². The zero-order valence-corrected chi connectivity index (χ0v) is 17.4. The number of aromatic amines is 1. The Morgan fingerprint density at radius 3 is 2.71 bits per heavy atom. The monoisotopic (exact) mass is 425 g/mol. The molecular weight excluding hydrogens is 401 g/mol. The van der Waals surface area contributed by atoms with Gasteiger partial charge in [0.05, 0.1) is 5.56 Å². The smallest absolute Gasteiger partial charge is 0.329 e. The normalized spacial score (nSPS) is 10.7. The van der Waals surface area contributed by atoms with Crippen molar-refractivity contribution in [2.45, 2.75) is 33.2 Å². The summed E-state index contributed by atoms with van der Waals surface area (Å²) in [5, 5.41) is 5.51. The van der Waals surface area contributed by atoms with Gasteiger partial charge in [0.25, 0.3) is 11.5 Å². The third-order valence-electron chi connectivity index (χ3n) is 4.79. The van der Waals surface area contributed by atoms with Crippen LogP contribution in [0.3, 0.4) is 0 Å². The molecule has 1 amide bonds. The maximum absolute atomic E-state index is 13.5. The number of carbonyl (C=O) groups excluding carboxylic acids is 1. The van der Waals surface area contributed by atoms with Crippen LogP contribution in [0.2, 0.25) is 0 Å². The number of pyridine rings is 1. The van der Waals surface area contributed by atoms with Gasteiger partial charge >= 0.3 is 5.69 Å². The zero-order chi connectivity index (χ0) is 22.4. The fraction of sp³-hybridized carbons (Fsp3) is 0.273. The summed E-state index contributed by atoms with van der Waals surface area (Å²) >= 11 is 0. The zero-order valence-electron chi connectivity index (χ0n) is 17.4. The molecule has 3 aromatic rings. The first kappa shape index (κ1) is 21.9. The number of nitrogens with one attached hydrogen (secondary N) is 3. The van der Waals surface area contributed by atoms with Crippen LogP contribution in [0, 0.1) is 12.9 Å². The van der Waals surface area contributed by atoms with Gasteiger partial charge in [0.2, 0.25) is 5.95 Å². The topological polar surface area (TPSA) is 109 Å². The molecule has 0 aliphatic carbocycles. The molecule has 0 aliphatic rings. The van der Waals surface area contributed by atoms with Crippen LogP contribution < -0.4 is 21.9 Å². The predicted octanol–water partition coefficient (Wildman–Crippen LogP) is 2.51. The van der Waals surface area contributed by atoms with Crippen LogP contribution in [0.15, 0.2) is 52.2 Å². The van der Waals surface area contributed by atoms with E-state index in [4.69, 9.17) is 0 Å². The molecule has 1 aromatic carbocycles. The summed E-state index contributed by atoms with van der Waals surface area (Å²) in [7, 11) is 0. The third kappa shape index (κ3) is 5.44. The first-order chi connectivity index (χ1) is 14.9. The van der Waals surface area contributed by atoms with Gasteiger partial charge in [-0.05, 0) is 48.7 Å². The first-order valence-electron chi connectivity index (χ1n) is 9.98. The van der Waals surface area contributed by atoms with Crippen molar-refractivity contribution in [2.75, 3.05) is 11.9 Å². The Morgan fingerprint density at radius 2 is 2.03 bits per heavy atom. The van der Waals surface area contributed by atoms with Crippen molar-refractivity contribution >= 4 is 17.4 Å². The number of aryl methyl sites for hydroxylation is 2. The second kappa shape index (κ2) is 9.84. The minimum atomic E-state index is -0.886. The van der Waals surface area contributed by atoms with E-state index in [0.717, 1.165) is 28.7 Å². The highest BCUT2D eigenvalue weighted by molar-refractivity contribution is 5.94. The third-order valence-corrected chi connectivity index (χ3v) is 4.79. The summed E-state index contributed by atoms with van der Waals surface area (Å²) in [5.41, 5.74) is 1.80. The van der Waals surface area contributed by atoms with Gasteiger partial charge < -0.3 is 10.6 Å². The van der Waals surface area contributed by atoms with Crippen LogP contribution in [0.4, 0.5) is 15.9 Å². The van der Waals surface area contributed by atoms with E-state index in [0.29, 0.717) is 0 Å². The minimum absolute atomic E-state index is 0.0268. The number of aromatic nitrogens is 3. The molecule has 0 bridgehead atoms. The van der Waals surface area contributed by atoms with Gasteiger partial charge in [-0.3, -0.25) is 19.1 Å². The van der Waals surface area contributed by atoms with Crippen LogP contribution in [-0.4, -0.2) is 27.0 Å². The van der Waals surface area contributed by atoms with E-state index in [1.165, 1.54) is 30.0 Å². The molecule has 162 valence electrons. The lowest BCUT2D eigenvalue weighted by Crippen LogP contribution is -2.39. The van der Waals surface area contributed by atoms with Gasteiger partial charge in [-0.15, -0.1) is 0 Å². The Morgan fingerprint density at radius 1 is 1.23 bits per heavy atom. The maximum atomic E-state index is 13.5. The standard InChI is InChI=1S/C22H24FN5O3/c1-3-5-15-7-8-16(12-14(15)2)26-18-13-19(29)28(22(31)27-18)11-10-25-21(30)17-6-4-9-24-20(17)23/h4,6-9,12-13,26H,3,5,10-11H2,1-2H3,(H,25,30)(H,27,31). The quantitative estimate of drug-likeness (QED) is 0.481. The van der Waals surface area contributed by atoms with Gasteiger partial charge in [0, 0.05) is 31.0 Å². The molecule has 31 heavy (non-hydrogen) atoms. The highest BCUT2D eigenvalue weighted by Gasteiger charge is 2.12. The average molecular weight is 425 g/mol. The van der Waals surface area contributed by atoms with E-state index in [1.807, 2.05) is 25.1 Å². The van der Waals surface area contributed by atoms with Gasteiger partial charge in [-0.2, -0.15) is 4.39 Å². The molecule has 0 saturated carbocycles. The summed E-state index contributed by atoms with van der Waals surface area (Å²) in [6.45, 7) is 4.05. The van der Waals surface area contributed by atoms with Crippen molar-refractivity contribution in [3.05, 3.63) is 86.1 Å². The molecular formula is C22H24FN5O3. The lowest BCUT2D eigenvalue weighted by molar-refractivity contribution is 0.0947. The highest BCUT2D eigenvalue weighted by Crippen LogP contribution is 2.19. The number of amides is 1. The molecule has 9 heteroatoms. The van der Waals surface area contributed by atoms with Gasteiger partial charge in [-0.1, -0.05) is 19.4 Å². The number of hydrogen-bond donors (Lipinski definition) is 3. The number of benzene rings is 1. The van der Waals surface area contributed by atoms with E-state index < -0.39 is 23.1 Å². The second-order valence-electron chi connectivity index (χ2n) is 7.09. The Labute approximate surface area is 178 Å². The lowest BCUT2D eigenvalue weighted by atomic mass is 10.0. The second-order valence-corrected chi connectivity index (χ2v) is 7.09. The summed E-state index contributed by atoms with van der Waals surface area (Å²) in [4.78, 5) is 42.8. The summed E-state index contributed by atoms with van der Waals surface area (Å²) in [6, 6.07) is 9.90. The first-order valence-corrected chi connectivity index (χ1v) is 9.98. The lowest BCUT2D eigenvalue weighted by Gasteiger charge is -2.11. The number of hydrogen-bond acceptors (Lipinski definition) is 5. The van der Waals surface area contributed by atoms with Crippen LogP contribution in [-0.2, 0) is 13.0 Å². The van der Waals surface area contributed by atoms with Crippen LogP contribution in [0.25, 0.3) is 0 Å². The van der Waals surface area contributed by atoms with Gasteiger partial charge in [0.1, 0.15) is 5.82 Å². The summed E-state index contributed by atoms with van der Waals surface area (Å²) in [5.74, 6) is -1.28. The SMILES string of the molecule is CCCc1ccc(Nc2cc(=O)n(CCNC(=O)c3cccnc3F)c(=O)[nH]2)cc1C. The number of carbonyl (C=O) groups is 1. The van der Waals surface area contributed by atoms with Crippen LogP contribution >= 0.6 is 0 Å². The maximum Gasteiger partial charge on any atom is 0.329 e. The molecule has 0 fully saturated rings. The summed E-state index contributed by atoms with van der Waals surface area (Å²) < 4.78 is 14.5. The van der Waals surface area contributed by atoms with Crippen molar-refractivity contribution in [3.63, 3.8) is 0 Å². The molecule has 8 nitrogen and oxygen atoms in total. The molecule has 2 aromatic heterocycles. The number of H-pyrrole nitrogens is 1. The highest BCUT2D eigenvalue weighted by atomic mass is 19.1. The molecule has 3 rings (SSSR count). The Hall–Kier alpha value is -3.75. The van der Waals surface area contributed by atoms with E-state index in [-0.39, 0.29) is 24.5 Å². The molecule has 0 spiro atoms. The average Bonchev–Trinajstić information content (AvgIpc) is 2.72. The molecule has 0 saturated heterocycles. The largest absolute Gasteiger partial charge is 0.350 e. The van der Waals surface area contributed by atoms with Crippen molar-refractivity contribution < 1.29 is 9.18 Å². The molecule has 2 heterocycles. The molecule has 0 radical (unpaired) electrons. The fourth-order valence-electron chi connectivity index (χ4n) is 3.21. The molecule has 0 aliphatic heterocycles. The Bertz CT molecular complexity index is 1170. The van der Waals surface area contributed by atoms with E-state index >= 15 is 0 Å². The van der Waals surface area contributed by atoms with Gasteiger partial charge in [-0.25, -0.2) is 9.78 Å². The Kier molecular flexibility index (Phi) is 6.96. The molecule has 3 N–H and O–H groups in total. The number of halogens is 1. The summed E-state index contributed by atoms with van der Waals surface area (Å²) in [6.07, 6.45) is 3.28. The van der Waals surface area contributed by atoms with E-state index in [1.54, 1.807) is 0 Å². The van der Waals surface area contributed by atoms with Crippen molar-refractivity contribution in [1.29, 1.82) is 0 Å². The Balaban J connectivity index is 1.66. The van der Waals surface area contributed by atoms with Crippen molar-refractivity contribution in [2.24, 2.45) is 0 Å².